The van der Waals surface area contributed by atoms with E-state index in [-0.39, 0.29) is 5.94 Å². The van der Waals surface area contributed by atoms with Crippen LogP contribution in [-0.4, -0.2) is 35.1 Å². The van der Waals surface area contributed by atoms with Crippen molar-refractivity contribution in [1.82, 2.24) is 4.98 Å². The van der Waals surface area contributed by atoms with E-state index in [1.54, 1.807) is 18.0 Å². The first-order valence-electron chi connectivity index (χ1n) is 4.34. The molecule has 0 amide bonds. The molecule has 0 aromatic carbocycles. The highest BCUT2D eigenvalue weighted by Crippen LogP contribution is 2.30. The second-order valence-corrected chi connectivity index (χ2v) is 3.80. The number of rotatable bonds is 1. The minimum atomic E-state index is -1.35. The Morgan fingerprint density at radius 1 is 1.57 bits per heavy atom. The Hall–Kier alpha value is -0.775. The summed E-state index contributed by atoms with van der Waals surface area (Å²) in [4.78, 5) is 5.88. The average molecular weight is 212 g/mol. The van der Waals surface area contributed by atoms with Crippen LogP contribution in [0, 0.1) is 0 Å². The van der Waals surface area contributed by atoms with Crippen LogP contribution in [0.2, 0.25) is 5.15 Å². The zero-order chi connectivity index (χ0) is 10.3. The maximum absolute atomic E-state index is 9.12. The Morgan fingerprint density at radius 3 is 2.93 bits per heavy atom. The summed E-state index contributed by atoms with van der Waals surface area (Å²) in [5, 5.41) is 18.7. The summed E-state index contributed by atoms with van der Waals surface area (Å²) >= 11 is 5.75. The fourth-order valence-electron chi connectivity index (χ4n) is 1.74. The molecule has 1 aromatic heterocycles. The molecule has 0 bridgehead atoms. The standard InChI is InChI=1S/C8H10BClN2O2/c1-12-6(9(13)14)4-5-2-3-7(10)11-8(5)12/h2-3,6,13-14H,4H2,1H3. The summed E-state index contributed by atoms with van der Waals surface area (Å²) in [6.45, 7) is 0. The molecule has 4 nitrogen and oxygen atoms in total. The SMILES string of the molecule is CN1c2nc(Cl)ccc2CC1B(O)O. The van der Waals surface area contributed by atoms with Gasteiger partial charge in [0.05, 0.1) is 5.94 Å². The van der Waals surface area contributed by atoms with Crippen LogP contribution in [0.15, 0.2) is 12.1 Å². The van der Waals surface area contributed by atoms with Gasteiger partial charge in [-0.15, -0.1) is 0 Å². The molecule has 1 atom stereocenters. The lowest BCUT2D eigenvalue weighted by Crippen LogP contribution is -2.42. The van der Waals surface area contributed by atoms with E-state index < -0.39 is 7.12 Å². The third-order valence-electron chi connectivity index (χ3n) is 2.53. The number of hydrogen-bond donors (Lipinski definition) is 2. The molecule has 0 radical (unpaired) electrons. The predicted molar refractivity (Wildman–Crippen MR) is 55.3 cm³/mol. The number of likely N-dealkylation sites (N-methyl/N-ethyl adjacent to an activating group) is 1. The van der Waals surface area contributed by atoms with Crippen molar-refractivity contribution in [2.75, 3.05) is 11.9 Å². The number of pyridine rings is 1. The van der Waals surface area contributed by atoms with E-state index in [1.807, 2.05) is 6.07 Å². The first-order chi connectivity index (χ1) is 6.59. The second-order valence-electron chi connectivity index (χ2n) is 3.41. The van der Waals surface area contributed by atoms with Crippen LogP contribution in [-0.2, 0) is 6.42 Å². The lowest BCUT2D eigenvalue weighted by atomic mass is 9.77. The molecule has 0 saturated carbocycles. The zero-order valence-corrected chi connectivity index (χ0v) is 8.44. The molecule has 0 spiro atoms. The van der Waals surface area contributed by atoms with Crippen LogP contribution < -0.4 is 4.90 Å². The lowest BCUT2D eigenvalue weighted by molar-refractivity contribution is 0.386. The van der Waals surface area contributed by atoms with Gasteiger partial charge in [0.15, 0.2) is 0 Å². The summed E-state index contributed by atoms with van der Waals surface area (Å²) in [7, 11) is 0.423. The molecular weight excluding hydrogens is 202 g/mol. The molecular formula is C8H10BClN2O2. The molecule has 0 saturated heterocycles. The number of halogens is 1. The number of anilines is 1. The van der Waals surface area contributed by atoms with Crippen LogP contribution in [0.5, 0.6) is 0 Å². The molecule has 1 aromatic rings. The van der Waals surface area contributed by atoms with Crippen molar-refractivity contribution in [2.24, 2.45) is 0 Å². The molecule has 2 rings (SSSR count). The fraction of sp³-hybridized carbons (Fsp3) is 0.375. The van der Waals surface area contributed by atoms with Gasteiger partial charge in [-0.2, -0.15) is 0 Å². The van der Waals surface area contributed by atoms with Gasteiger partial charge in [-0.3, -0.25) is 0 Å². The Balaban J connectivity index is 2.36. The summed E-state index contributed by atoms with van der Waals surface area (Å²) in [5.74, 6) is 0.409. The monoisotopic (exact) mass is 212 g/mol. The Kier molecular flexibility index (Phi) is 2.39. The van der Waals surface area contributed by atoms with Gasteiger partial charge in [-0.05, 0) is 18.1 Å². The van der Waals surface area contributed by atoms with Crippen LogP contribution in [0.25, 0.3) is 0 Å². The van der Waals surface area contributed by atoms with E-state index in [9.17, 15) is 0 Å². The molecule has 2 heterocycles. The highest BCUT2D eigenvalue weighted by Gasteiger charge is 2.35. The van der Waals surface area contributed by atoms with Crippen molar-refractivity contribution >= 4 is 24.5 Å². The lowest BCUT2D eigenvalue weighted by Gasteiger charge is -2.20. The molecule has 0 fully saturated rings. The van der Waals surface area contributed by atoms with Crippen molar-refractivity contribution in [3.8, 4) is 0 Å². The van der Waals surface area contributed by atoms with E-state index in [2.05, 4.69) is 4.98 Å². The van der Waals surface area contributed by atoms with Crippen LogP contribution in [0.1, 0.15) is 5.56 Å². The molecule has 1 aliphatic heterocycles. The van der Waals surface area contributed by atoms with Crippen molar-refractivity contribution < 1.29 is 10.0 Å². The third-order valence-corrected chi connectivity index (χ3v) is 2.74. The van der Waals surface area contributed by atoms with Gasteiger partial charge in [0.1, 0.15) is 11.0 Å². The van der Waals surface area contributed by atoms with E-state index in [1.165, 1.54) is 0 Å². The van der Waals surface area contributed by atoms with Crippen molar-refractivity contribution in [1.29, 1.82) is 0 Å². The molecule has 14 heavy (non-hydrogen) atoms. The largest absolute Gasteiger partial charge is 0.476 e. The van der Waals surface area contributed by atoms with E-state index >= 15 is 0 Å². The van der Waals surface area contributed by atoms with Gasteiger partial charge in [-0.1, -0.05) is 17.7 Å². The van der Waals surface area contributed by atoms with Crippen molar-refractivity contribution in [2.45, 2.75) is 12.4 Å². The Morgan fingerprint density at radius 2 is 2.29 bits per heavy atom. The molecule has 1 unspecified atom stereocenters. The summed E-state index contributed by atoms with van der Waals surface area (Å²) in [5.41, 5.74) is 0.995. The van der Waals surface area contributed by atoms with Gasteiger partial charge in [0.2, 0.25) is 0 Å². The highest BCUT2D eigenvalue weighted by atomic mass is 35.5. The van der Waals surface area contributed by atoms with E-state index in [0.717, 1.165) is 11.4 Å². The first kappa shape index (κ1) is 9.77. The summed E-state index contributed by atoms with van der Waals surface area (Å²) < 4.78 is 0. The average Bonchev–Trinajstić information content (AvgIpc) is 2.44. The van der Waals surface area contributed by atoms with Gasteiger partial charge in [0.25, 0.3) is 0 Å². The summed E-state index contributed by atoms with van der Waals surface area (Å²) in [6, 6.07) is 3.57. The number of hydrogen-bond acceptors (Lipinski definition) is 4. The van der Waals surface area contributed by atoms with Crippen molar-refractivity contribution in [3.05, 3.63) is 22.8 Å². The molecule has 2 N–H and O–H groups in total. The first-order valence-corrected chi connectivity index (χ1v) is 4.72. The zero-order valence-electron chi connectivity index (χ0n) is 7.68. The molecule has 0 aliphatic carbocycles. The topological polar surface area (TPSA) is 56.6 Å². The number of nitrogens with zero attached hydrogens (tertiary/aromatic N) is 2. The quantitative estimate of drug-likeness (QED) is 0.512. The van der Waals surface area contributed by atoms with Gasteiger partial charge in [0, 0.05) is 7.05 Å². The highest BCUT2D eigenvalue weighted by molar-refractivity contribution is 6.44. The number of aromatic nitrogens is 1. The number of fused-ring (bicyclic) bond motifs is 1. The van der Waals surface area contributed by atoms with E-state index in [0.29, 0.717) is 11.6 Å². The maximum Gasteiger partial charge on any atom is 0.476 e. The minimum Gasteiger partial charge on any atom is -0.426 e. The van der Waals surface area contributed by atoms with Gasteiger partial charge < -0.3 is 14.9 Å². The van der Waals surface area contributed by atoms with Crippen LogP contribution in [0.3, 0.4) is 0 Å². The van der Waals surface area contributed by atoms with Gasteiger partial charge in [-0.25, -0.2) is 4.98 Å². The maximum atomic E-state index is 9.12. The smallest absolute Gasteiger partial charge is 0.426 e. The second kappa shape index (κ2) is 3.42. The van der Waals surface area contributed by atoms with Crippen LogP contribution in [0.4, 0.5) is 5.82 Å². The van der Waals surface area contributed by atoms with Crippen molar-refractivity contribution in [3.63, 3.8) is 0 Å². The molecule has 6 heteroatoms. The minimum absolute atomic E-state index is 0.323. The summed E-state index contributed by atoms with van der Waals surface area (Å²) in [6.07, 6.45) is 0.591. The molecule has 1 aliphatic rings. The van der Waals surface area contributed by atoms with Crippen LogP contribution >= 0.6 is 11.6 Å². The Labute approximate surface area is 87.3 Å². The van der Waals surface area contributed by atoms with E-state index in [4.69, 9.17) is 21.6 Å². The molecule has 74 valence electrons. The third kappa shape index (κ3) is 1.47. The Bertz CT molecular complexity index is 361. The fourth-order valence-corrected chi connectivity index (χ4v) is 1.89. The normalized spacial score (nSPS) is 19.7. The predicted octanol–water partition coefficient (Wildman–Crippen LogP) is 0.108. The van der Waals surface area contributed by atoms with Gasteiger partial charge >= 0.3 is 7.12 Å².